The maximum atomic E-state index is 8.49. The summed E-state index contributed by atoms with van der Waals surface area (Å²) in [6.07, 6.45) is 4.32. The zero-order valence-corrected chi connectivity index (χ0v) is 25.1. The van der Waals surface area contributed by atoms with Gasteiger partial charge in [-0.15, -0.1) is 20.5 Å². The van der Waals surface area contributed by atoms with Crippen LogP contribution in [0.3, 0.4) is 0 Å². The van der Waals surface area contributed by atoms with Crippen molar-refractivity contribution in [2.75, 3.05) is 0 Å². The highest BCUT2D eigenvalue weighted by Gasteiger charge is 2.27. The molecule has 230 valence electrons. The monoisotopic (exact) mass is 642 g/mol. The van der Waals surface area contributed by atoms with Crippen LogP contribution in [0.2, 0.25) is 0 Å². The van der Waals surface area contributed by atoms with Crippen LogP contribution in [-0.2, 0) is 13.1 Å². The van der Waals surface area contributed by atoms with Crippen LogP contribution >= 0.6 is 0 Å². The van der Waals surface area contributed by atoms with E-state index in [2.05, 4.69) is 141 Å². The van der Waals surface area contributed by atoms with Crippen molar-refractivity contribution in [1.82, 2.24) is 8.80 Å². The van der Waals surface area contributed by atoms with Gasteiger partial charge in [-0.1, -0.05) is 72.8 Å². The van der Waals surface area contributed by atoms with Crippen molar-refractivity contribution < 1.29 is 66.9 Å². The number of halogens is 2. The van der Waals surface area contributed by atoms with Crippen LogP contribution in [0, 0.1) is 34.3 Å². The van der Waals surface area contributed by atoms with Gasteiger partial charge < -0.3 is 0 Å². The van der Waals surface area contributed by atoms with Gasteiger partial charge in [0.15, 0.2) is 22.8 Å². The molecule has 0 N–H and O–H groups in total. The van der Waals surface area contributed by atoms with Gasteiger partial charge in [-0.25, -0.2) is 46.4 Å². The summed E-state index contributed by atoms with van der Waals surface area (Å²) in [7, 11) is -9.89. The number of benzene rings is 2. The lowest BCUT2D eigenvalue weighted by Crippen LogP contribution is -2.68. The molecule has 0 radical (unpaired) electrons. The van der Waals surface area contributed by atoms with Gasteiger partial charge in [0.1, 0.15) is 13.1 Å². The summed E-state index contributed by atoms with van der Waals surface area (Å²) in [5.74, 6) is 0. The quantitative estimate of drug-likeness (QED) is 0.169. The Bertz CT molecular complexity index is 1690. The van der Waals surface area contributed by atoms with Gasteiger partial charge in [-0.3, -0.25) is 0 Å². The predicted octanol–water partition coefficient (Wildman–Crippen LogP) is -4.09. The predicted molar refractivity (Wildman–Crippen MR) is 136 cm³/mol. The van der Waals surface area contributed by atoms with Crippen LogP contribution in [-0.4, -0.2) is 8.80 Å². The largest absolute Gasteiger partial charge is 0.287 e. The van der Waals surface area contributed by atoms with E-state index < -0.39 is 20.5 Å². The first-order chi connectivity index (χ1) is 20.7. The molecule has 0 unspecified atom stereocenters. The number of fused-ring (bicyclic) bond motifs is 2. The molecule has 12 nitrogen and oxygen atoms in total. The molecule has 0 amide bonds. The Balaban J connectivity index is 0.000000386. The number of aromatic nitrogens is 4. The summed E-state index contributed by atoms with van der Waals surface area (Å²) in [4.78, 5) is 0. The van der Waals surface area contributed by atoms with E-state index in [-0.39, 0.29) is 0 Å². The number of aryl methyl sites for hydroxylation is 4. The Morgan fingerprint density at radius 1 is 0.477 bits per heavy atom. The van der Waals surface area contributed by atoms with E-state index in [1.54, 1.807) is 0 Å². The molecule has 0 spiro atoms. The molecular formula is C30H28Cl2N4O8. The molecule has 0 aliphatic carbocycles. The lowest BCUT2D eigenvalue weighted by Gasteiger charge is -2.17. The third-order valence-corrected chi connectivity index (χ3v) is 6.82. The normalized spacial score (nSPS) is 11.6. The Morgan fingerprint density at radius 3 is 1.09 bits per heavy atom. The molecule has 4 aromatic heterocycles. The minimum absolute atomic E-state index is 0.865. The Morgan fingerprint density at radius 2 is 0.773 bits per heavy atom. The van der Waals surface area contributed by atoms with Crippen molar-refractivity contribution in [3.63, 3.8) is 0 Å². The Kier molecular flexibility index (Phi) is 10.3. The van der Waals surface area contributed by atoms with Gasteiger partial charge in [0, 0.05) is 37.1 Å². The number of hydrogen-bond donors (Lipinski definition) is 0. The second kappa shape index (κ2) is 13.8. The van der Waals surface area contributed by atoms with Crippen LogP contribution < -0.4 is 46.4 Å². The highest BCUT2D eigenvalue weighted by atomic mass is 35.7. The minimum atomic E-state index is -4.94. The minimum Gasteiger partial charge on any atom is -0.222 e. The summed E-state index contributed by atoms with van der Waals surface area (Å²) in [5.41, 5.74) is 9.97. The van der Waals surface area contributed by atoms with Crippen LogP contribution in [0.5, 0.6) is 0 Å². The number of nitrogens with zero attached hydrogens (tertiary/aromatic N) is 4. The third kappa shape index (κ3) is 8.37. The van der Waals surface area contributed by atoms with E-state index in [4.69, 9.17) is 37.3 Å². The summed E-state index contributed by atoms with van der Waals surface area (Å²) >= 11 is 0. The lowest BCUT2D eigenvalue weighted by atomic mass is 10.1. The molecule has 14 heteroatoms. The summed E-state index contributed by atoms with van der Waals surface area (Å²) < 4.78 is 77.5. The number of rotatable bonds is 5. The van der Waals surface area contributed by atoms with Crippen molar-refractivity contribution in [3.05, 3.63) is 121 Å². The van der Waals surface area contributed by atoms with Crippen LogP contribution in [0.25, 0.3) is 33.8 Å². The molecular weight excluding hydrogens is 615 g/mol. The van der Waals surface area contributed by atoms with Crippen LogP contribution in [0.1, 0.15) is 11.4 Å². The highest BCUT2D eigenvalue weighted by molar-refractivity contribution is 5.62. The van der Waals surface area contributed by atoms with Gasteiger partial charge >= 0.3 is 0 Å². The molecule has 2 aromatic carbocycles. The standard InChI is InChI=1S/C30H28N4.2ClHO4/c1-23-29(25-13-5-3-6-14-25)33(27-17-9-11-19-31(23)27)21-22-34-28-18-10-12-20-32(28)24(2)30(34)26-15-7-4-8-16-26;2*2-1(3,4)5/h3-20H,21-22H2,1-2H3;2*(H,2,3,4,5)/q+2;;/p-2. The SMILES string of the molecule is Cc1c(-c2ccccc2)[n+](CC[n+]2c(-c3ccccc3)c(C)n3ccccc32)c2ccccn12.[O-][Cl+3]([O-])([O-])[O-].[O-][Cl+3]([O-])([O-])[O-]. The molecule has 0 atom stereocenters. The molecule has 0 saturated carbocycles. The first-order valence-electron chi connectivity index (χ1n) is 13.1. The molecule has 4 heterocycles. The van der Waals surface area contributed by atoms with E-state index in [0.29, 0.717) is 0 Å². The number of pyridine rings is 2. The molecule has 6 rings (SSSR count). The maximum absolute atomic E-state index is 8.49. The first kappa shape index (κ1) is 33.0. The van der Waals surface area contributed by atoms with Gasteiger partial charge in [-0.05, 0) is 12.1 Å². The van der Waals surface area contributed by atoms with Crippen LogP contribution in [0.15, 0.2) is 109 Å². The second-order valence-corrected chi connectivity index (χ2v) is 11.0. The van der Waals surface area contributed by atoms with Crippen molar-refractivity contribution >= 4 is 11.3 Å². The highest BCUT2D eigenvalue weighted by Crippen LogP contribution is 2.24. The summed E-state index contributed by atoms with van der Waals surface area (Å²) in [6.45, 7) is 6.16. The molecule has 0 bridgehead atoms. The first-order valence-corrected chi connectivity index (χ1v) is 15.5. The van der Waals surface area contributed by atoms with Crippen molar-refractivity contribution in [2.45, 2.75) is 26.9 Å². The Hall–Kier alpha value is -3.92. The number of hydrogen-bond acceptors (Lipinski definition) is 8. The van der Waals surface area contributed by atoms with Crippen molar-refractivity contribution in [2.24, 2.45) is 0 Å². The van der Waals surface area contributed by atoms with Gasteiger partial charge in [0.25, 0.3) is 11.3 Å². The molecule has 0 aliphatic rings. The maximum Gasteiger partial charge on any atom is 0.287 e. The average Bonchev–Trinajstić information content (AvgIpc) is 3.41. The average molecular weight is 643 g/mol. The fraction of sp³-hybridized carbons (Fsp3) is 0.133. The zero-order valence-electron chi connectivity index (χ0n) is 23.6. The van der Waals surface area contributed by atoms with E-state index in [0.717, 1.165) is 13.1 Å². The van der Waals surface area contributed by atoms with Crippen molar-refractivity contribution in [3.8, 4) is 22.5 Å². The summed E-state index contributed by atoms with van der Waals surface area (Å²) in [6, 6.07) is 34.4. The number of imidazole rings is 2. The molecule has 0 aliphatic heterocycles. The molecule has 6 aromatic rings. The topological polar surface area (TPSA) is 201 Å². The zero-order chi connectivity index (χ0) is 32.1. The van der Waals surface area contributed by atoms with E-state index >= 15 is 0 Å². The van der Waals surface area contributed by atoms with Gasteiger partial charge in [0.05, 0.1) is 12.4 Å². The van der Waals surface area contributed by atoms with E-state index in [9.17, 15) is 0 Å². The second-order valence-electron chi connectivity index (χ2n) is 9.52. The van der Waals surface area contributed by atoms with E-state index in [1.165, 1.54) is 45.2 Å². The fourth-order valence-corrected chi connectivity index (χ4v) is 5.30. The van der Waals surface area contributed by atoms with Gasteiger partial charge in [-0.2, -0.15) is 8.80 Å². The fourth-order valence-electron chi connectivity index (χ4n) is 5.30. The van der Waals surface area contributed by atoms with Crippen molar-refractivity contribution in [1.29, 1.82) is 0 Å². The van der Waals surface area contributed by atoms with Gasteiger partial charge in [0.2, 0.25) is 0 Å². The smallest absolute Gasteiger partial charge is 0.222 e. The van der Waals surface area contributed by atoms with Crippen LogP contribution in [0.4, 0.5) is 0 Å². The molecule has 0 fully saturated rings. The molecule has 44 heavy (non-hydrogen) atoms. The van der Waals surface area contributed by atoms with E-state index in [1.807, 2.05) is 0 Å². The lowest BCUT2D eigenvalue weighted by molar-refractivity contribution is -2.00. The Labute approximate surface area is 256 Å². The molecule has 0 saturated heterocycles. The summed E-state index contributed by atoms with van der Waals surface area (Å²) in [5, 5.41) is 0. The third-order valence-electron chi connectivity index (χ3n) is 6.82.